The fraction of sp³-hybridized carbons (Fsp3) is 0.114. The standard InChI is InChI=1S/C35H30N6/c1-23-30-31(24-19-21-26(22-20-24)39(2)3)32(34-36-28-17-11-12-18-29(28)40(34)4)33(25-13-7-5-8-14-25)37-35(30)41(38-23)27-15-9-6-10-16-27/h5-22H,1-4H3. The average Bonchev–Trinajstić information content (AvgIpc) is 3.53. The Morgan fingerprint density at radius 3 is 2.00 bits per heavy atom. The molecule has 0 aliphatic carbocycles. The molecule has 7 rings (SSSR count). The van der Waals surface area contributed by atoms with Gasteiger partial charge < -0.3 is 9.47 Å². The predicted molar refractivity (Wildman–Crippen MR) is 169 cm³/mol. The van der Waals surface area contributed by atoms with Crippen LogP contribution >= 0.6 is 0 Å². The third-order valence-corrected chi connectivity index (χ3v) is 7.72. The zero-order valence-corrected chi connectivity index (χ0v) is 23.6. The van der Waals surface area contributed by atoms with E-state index in [1.54, 1.807) is 0 Å². The van der Waals surface area contributed by atoms with Crippen molar-refractivity contribution in [2.45, 2.75) is 6.92 Å². The van der Waals surface area contributed by atoms with E-state index in [0.717, 1.165) is 72.9 Å². The highest BCUT2D eigenvalue weighted by atomic mass is 15.3. The summed E-state index contributed by atoms with van der Waals surface area (Å²) in [6, 6.07) is 37.6. The van der Waals surface area contributed by atoms with Crippen LogP contribution in [-0.4, -0.2) is 38.4 Å². The Labute approximate surface area is 239 Å². The molecule has 200 valence electrons. The molecule has 0 atom stereocenters. The molecular formula is C35H30N6. The van der Waals surface area contributed by atoms with Crippen molar-refractivity contribution in [1.29, 1.82) is 0 Å². The van der Waals surface area contributed by atoms with Gasteiger partial charge in [-0.3, -0.25) is 0 Å². The Balaban J connectivity index is 1.67. The van der Waals surface area contributed by atoms with Crippen molar-refractivity contribution in [3.63, 3.8) is 0 Å². The summed E-state index contributed by atoms with van der Waals surface area (Å²) in [7, 11) is 6.21. The number of pyridine rings is 1. The van der Waals surface area contributed by atoms with Gasteiger partial charge >= 0.3 is 0 Å². The van der Waals surface area contributed by atoms with E-state index in [1.165, 1.54) is 0 Å². The summed E-state index contributed by atoms with van der Waals surface area (Å²) in [6.07, 6.45) is 0. The first kappa shape index (κ1) is 24.8. The molecule has 0 saturated carbocycles. The summed E-state index contributed by atoms with van der Waals surface area (Å²) in [4.78, 5) is 12.7. The van der Waals surface area contributed by atoms with Gasteiger partial charge in [0.2, 0.25) is 0 Å². The van der Waals surface area contributed by atoms with Gasteiger partial charge in [-0.25, -0.2) is 14.6 Å². The van der Waals surface area contributed by atoms with Gasteiger partial charge in [0.25, 0.3) is 0 Å². The van der Waals surface area contributed by atoms with Gasteiger partial charge in [-0.15, -0.1) is 0 Å². The lowest BCUT2D eigenvalue weighted by molar-refractivity contribution is 0.878. The van der Waals surface area contributed by atoms with Gasteiger partial charge in [-0.1, -0.05) is 72.8 Å². The van der Waals surface area contributed by atoms with Gasteiger partial charge in [0.1, 0.15) is 5.82 Å². The molecule has 0 N–H and O–H groups in total. The van der Waals surface area contributed by atoms with E-state index in [9.17, 15) is 0 Å². The lowest BCUT2D eigenvalue weighted by Crippen LogP contribution is -2.08. The van der Waals surface area contributed by atoms with E-state index in [1.807, 2.05) is 35.0 Å². The molecule has 7 aromatic rings. The molecule has 0 amide bonds. The van der Waals surface area contributed by atoms with Gasteiger partial charge in [0, 0.05) is 38.0 Å². The van der Waals surface area contributed by atoms with Crippen molar-refractivity contribution < 1.29 is 0 Å². The Hall–Kier alpha value is -5.23. The second-order valence-electron chi connectivity index (χ2n) is 10.5. The molecule has 0 aliphatic heterocycles. The van der Waals surface area contributed by atoms with Gasteiger partial charge in [-0.2, -0.15) is 5.10 Å². The quantitative estimate of drug-likeness (QED) is 0.227. The van der Waals surface area contributed by atoms with Crippen LogP contribution in [0.15, 0.2) is 109 Å². The smallest absolute Gasteiger partial charge is 0.164 e. The Bertz CT molecular complexity index is 2020. The summed E-state index contributed by atoms with van der Waals surface area (Å²) in [5, 5.41) is 6.07. The Morgan fingerprint density at radius 2 is 1.32 bits per heavy atom. The second-order valence-corrected chi connectivity index (χ2v) is 10.5. The van der Waals surface area contributed by atoms with Crippen molar-refractivity contribution >= 4 is 27.8 Å². The third-order valence-electron chi connectivity index (χ3n) is 7.72. The van der Waals surface area contributed by atoms with E-state index in [-0.39, 0.29) is 0 Å². The number of aromatic nitrogens is 5. The van der Waals surface area contributed by atoms with E-state index < -0.39 is 0 Å². The van der Waals surface area contributed by atoms with E-state index >= 15 is 0 Å². The number of benzene rings is 4. The zero-order chi connectivity index (χ0) is 28.1. The molecule has 6 nitrogen and oxygen atoms in total. The lowest BCUT2D eigenvalue weighted by atomic mass is 9.92. The topological polar surface area (TPSA) is 51.8 Å². The Kier molecular flexibility index (Phi) is 5.89. The minimum Gasteiger partial charge on any atom is -0.378 e. The first-order valence-electron chi connectivity index (χ1n) is 13.7. The number of imidazole rings is 1. The van der Waals surface area contributed by atoms with Crippen molar-refractivity contribution in [1.82, 2.24) is 24.3 Å². The van der Waals surface area contributed by atoms with Crippen molar-refractivity contribution in [3.05, 3.63) is 115 Å². The second kappa shape index (κ2) is 9.75. The summed E-state index contributed by atoms with van der Waals surface area (Å²) in [6.45, 7) is 2.07. The van der Waals surface area contributed by atoms with E-state index in [2.05, 4.69) is 116 Å². The molecule has 6 heteroatoms. The van der Waals surface area contributed by atoms with Gasteiger partial charge in [0.15, 0.2) is 5.65 Å². The normalized spacial score (nSPS) is 11.4. The molecular weight excluding hydrogens is 504 g/mol. The summed E-state index contributed by atoms with van der Waals surface area (Å²) < 4.78 is 4.15. The summed E-state index contributed by atoms with van der Waals surface area (Å²) in [5.74, 6) is 0.873. The molecule has 3 heterocycles. The van der Waals surface area contributed by atoms with Gasteiger partial charge in [0.05, 0.1) is 39.1 Å². The molecule has 4 aromatic carbocycles. The number of rotatable bonds is 5. The fourth-order valence-electron chi connectivity index (χ4n) is 5.67. The molecule has 0 fully saturated rings. The maximum Gasteiger partial charge on any atom is 0.164 e. The molecule has 3 aromatic heterocycles. The van der Waals surface area contributed by atoms with Crippen LogP contribution in [-0.2, 0) is 7.05 Å². The highest BCUT2D eigenvalue weighted by molar-refractivity contribution is 6.07. The largest absolute Gasteiger partial charge is 0.378 e. The minimum atomic E-state index is 0.821. The highest BCUT2D eigenvalue weighted by Gasteiger charge is 2.27. The number of anilines is 1. The van der Waals surface area contributed by atoms with Crippen LogP contribution in [0.3, 0.4) is 0 Å². The monoisotopic (exact) mass is 534 g/mol. The molecule has 0 aliphatic rings. The molecule has 0 radical (unpaired) electrons. The maximum absolute atomic E-state index is 5.40. The summed E-state index contributed by atoms with van der Waals surface area (Å²) in [5.41, 5.74) is 11.0. The number of para-hydroxylation sites is 3. The number of hydrogen-bond donors (Lipinski definition) is 0. The lowest BCUT2D eigenvalue weighted by Gasteiger charge is -2.18. The minimum absolute atomic E-state index is 0.821. The number of fused-ring (bicyclic) bond motifs is 2. The van der Waals surface area contributed by atoms with Crippen LogP contribution in [0.5, 0.6) is 0 Å². The SMILES string of the molecule is Cc1nn(-c2ccccc2)c2nc(-c3ccccc3)c(-c3nc4ccccc4n3C)c(-c3ccc(N(C)C)cc3)c12. The zero-order valence-electron chi connectivity index (χ0n) is 23.6. The van der Waals surface area contributed by atoms with Crippen LogP contribution in [0.25, 0.3) is 61.5 Å². The molecule has 0 unspecified atom stereocenters. The molecule has 41 heavy (non-hydrogen) atoms. The molecule has 0 bridgehead atoms. The van der Waals surface area contributed by atoms with Gasteiger partial charge in [-0.05, 0) is 48.9 Å². The van der Waals surface area contributed by atoms with E-state index in [4.69, 9.17) is 15.1 Å². The van der Waals surface area contributed by atoms with Crippen LogP contribution < -0.4 is 4.90 Å². The van der Waals surface area contributed by atoms with Crippen molar-refractivity contribution in [2.75, 3.05) is 19.0 Å². The number of nitrogens with zero attached hydrogens (tertiary/aromatic N) is 6. The fourth-order valence-corrected chi connectivity index (χ4v) is 5.67. The molecule has 0 spiro atoms. The number of hydrogen-bond acceptors (Lipinski definition) is 4. The highest BCUT2D eigenvalue weighted by Crippen LogP contribution is 2.45. The van der Waals surface area contributed by atoms with Crippen molar-refractivity contribution in [2.24, 2.45) is 7.05 Å². The third kappa shape index (κ3) is 4.07. The Morgan fingerprint density at radius 1 is 0.659 bits per heavy atom. The van der Waals surface area contributed by atoms with Crippen LogP contribution in [0.4, 0.5) is 5.69 Å². The molecule has 0 saturated heterocycles. The van der Waals surface area contributed by atoms with Crippen LogP contribution in [0.1, 0.15) is 5.69 Å². The maximum atomic E-state index is 5.40. The average molecular weight is 535 g/mol. The van der Waals surface area contributed by atoms with Crippen molar-refractivity contribution in [3.8, 4) is 39.5 Å². The first-order chi connectivity index (χ1) is 20.0. The summed E-state index contributed by atoms with van der Waals surface area (Å²) >= 11 is 0. The number of aryl methyl sites for hydroxylation is 2. The van der Waals surface area contributed by atoms with E-state index in [0.29, 0.717) is 0 Å². The first-order valence-corrected chi connectivity index (χ1v) is 13.7. The predicted octanol–water partition coefficient (Wildman–Crippen LogP) is 7.68. The van der Waals surface area contributed by atoms with Crippen LogP contribution in [0, 0.1) is 6.92 Å². The van der Waals surface area contributed by atoms with Crippen LogP contribution in [0.2, 0.25) is 0 Å².